The van der Waals surface area contributed by atoms with Crippen LogP contribution in [0.15, 0.2) is 34.9 Å². The summed E-state index contributed by atoms with van der Waals surface area (Å²) >= 11 is 5.98. The van der Waals surface area contributed by atoms with Crippen LogP contribution in [-0.4, -0.2) is 6.54 Å². The van der Waals surface area contributed by atoms with Crippen molar-refractivity contribution >= 4 is 11.6 Å². The zero-order valence-corrected chi connectivity index (χ0v) is 11.9. The average Bonchev–Trinajstić information content (AvgIpc) is 2.83. The summed E-state index contributed by atoms with van der Waals surface area (Å²) in [4.78, 5) is 0. The highest BCUT2D eigenvalue weighted by Gasteiger charge is 2.18. The van der Waals surface area contributed by atoms with Crippen LogP contribution in [0.25, 0.3) is 0 Å². The summed E-state index contributed by atoms with van der Waals surface area (Å²) in [5.41, 5.74) is 1.22. The van der Waals surface area contributed by atoms with Crippen LogP contribution in [0.2, 0.25) is 5.22 Å². The van der Waals surface area contributed by atoms with Crippen LogP contribution in [0.5, 0.6) is 0 Å². The van der Waals surface area contributed by atoms with Gasteiger partial charge in [0.1, 0.15) is 11.6 Å². The molecule has 0 aliphatic heterocycles. The van der Waals surface area contributed by atoms with Gasteiger partial charge in [0.25, 0.3) is 0 Å². The van der Waals surface area contributed by atoms with Gasteiger partial charge in [-0.05, 0) is 48.7 Å². The number of halogens is 3. The first-order valence-electron chi connectivity index (χ1n) is 6.52. The van der Waals surface area contributed by atoms with Gasteiger partial charge in [0.15, 0.2) is 5.22 Å². The number of furan rings is 1. The number of rotatable bonds is 6. The zero-order valence-electron chi connectivity index (χ0n) is 11.1. The molecule has 0 saturated heterocycles. The van der Waals surface area contributed by atoms with Gasteiger partial charge in [-0.2, -0.15) is 0 Å². The monoisotopic (exact) mass is 299 g/mol. The second kappa shape index (κ2) is 6.86. The lowest BCUT2D eigenvalue weighted by Crippen LogP contribution is -2.24. The van der Waals surface area contributed by atoms with Crippen LogP contribution in [-0.2, 0) is 6.42 Å². The molecule has 0 fully saturated rings. The molecular weight excluding hydrogens is 284 g/mol. The van der Waals surface area contributed by atoms with E-state index in [1.165, 1.54) is 18.4 Å². The fourth-order valence-electron chi connectivity index (χ4n) is 2.07. The summed E-state index contributed by atoms with van der Waals surface area (Å²) in [5.74, 6) is -1.13. The minimum absolute atomic E-state index is 0.166. The first-order chi connectivity index (χ1) is 9.61. The Morgan fingerprint density at radius 3 is 2.70 bits per heavy atom. The van der Waals surface area contributed by atoms with Gasteiger partial charge in [0.2, 0.25) is 0 Å². The fourth-order valence-corrected chi connectivity index (χ4v) is 2.32. The maximum Gasteiger partial charge on any atom is 0.197 e. The first kappa shape index (κ1) is 15.0. The zero-order chi connectivity index (χ0) is 14.5. The molecule has 1 unspecified atom stereocenters. The van der Waals surface area contributed by atoms with Crippen molar-refractivity contribution in [3.05, 3.63) is 58.5 Å². The Labute approximate surface area is 121 Å². The minimum atomic E-state index is -0.578. The summed E-state index contributed by atoms with van der Waals surface area (Å²) < 4.78 is 31.8. The maximum absolute atomic E-state index is 13.8. The van der Waals surface area contributed by atoms with E-state index < -0.39 is 11.6 Å². The topological polar surface area (TPSA) is 25.2 Å². The van der Waals surface area contributed by atoms with E-state index in [9.17, 15) is 8.78 Å². The summed E-state index contributed by atoms with van der Waals surface area (Å²) in [6.07, 6.45) is 2.82. The Morgan fingerprint density at radius 1 is 1.30 bits per heavy atom. The fraction of sp³-hybridized carbons (Fsp3) is 0.333. The van der Waals surface area contributed by atoms with E-state index >= 15 is 0 Å². The molecule has 20 heavy (non-hydrogen) atoms. The molecule has 0 amide bonds. The molecule has 2 nitrogen and oxygen atoms in total. The molecule has 1 aromatic carbocycles. The third-order valence-electron chi connectivity index (χ3n) is 3.10. The lowest BCUT2D eigenvalue weighted by atomic mass is 10.0. The number of nitrogens with one attached hydrogen (secondary N) is 1. The number of benzene rings is 1. The molecule has 2 rings (SSSR count). The van der Waals surface area contributed by atoms with Crippen molar-refractivity contribution in [2.45, 2.75) is 25.8 Å². The van der Waals surface area contributed by atoms with E-state index in [0.29, 0.717) is 17.2 Å². The molecule has 5 heteroatoms. The summed E-state index contributed by atoms with van der Waals surface area (Å²) in [7, 11) is 0. The Bertz CT molecular complexity index is 571. The summed E-state index contributed by atoms with van der Waals surface area (Å²) in [6.45, 7) is 2.81. The van der Waals surface area contributed by atoms with Crippen LogP contribution in [0.4, 0.5) is 8.78 Å². The molecule has 108 valence electrons. The standard InChI is InChI=1S/C15H16ClF2NO/c1-2-6-19-14(12-5-7-20-15(12)16)8-10-3-4-11(17)9-13(10)18/h3-5,7,9,14,19H,2,6,8H2,1H3. The van der Waals surface area contributed by atoms with Crippen molar-refractivity contribution in [2.24, 2.45) is 0 Å². The molecule has 2 aromatic rings. The first-order valence-corrected chi connectivity index (χ1v) is 6.89. The Hall–Kier alpha value is -1.39. The van der Waals surface area contributed by atoms with Gasteiger partial charge < -0.3 is 9.73 Å². The molecule has 0 bridgehead atoms. The molecule has 1 heterocycles. The molecule has 1 N–H and O–H groups in total. The predicted octanol–water partition coefficient (Wildman–Crippen LogP) is 4.49. The van der Waals surface area contributed by atoms with Crippen LogP contribution in [0.3, 0.4) is 0 Å². The number of hydrogen-bond acceptors (Lipinski definition) is 2. The van der Waals surface area contributed by atoms with Crippen molar-refractivity contribution in [3.8, 4) is 0 Å². The summed E-state index contributed by atoms with van der Waals surface area (Å²) in [5, 5.41) is 3.59. The van der Waals surface area contributed by atoms with Gasteiger partial charge in [-0.15, -0.1) is 0 Å². The van der Waals surface area contributed by atoms with E-state index in [2.05, 4.69) is 5.32 Å². The van der Waals surface area contributed by atoms with E-state index in [-0.39, 0.29) is 6.04 Å². The van der Waals surface area contributed by atoms with Gasteiger partial charge in [0.05, 0.1) is 6.26 Å². The second-order valence-electron chi connectivity index (χ2n) is 4.60. The minimum Gasteiger partial charge on any atom is -0.453 e. The van der Waals surface area contributed by atoms with Crippen molar-refractivity contribution in [1.82, 2.24) is 5.32 Å². The third-order valence-corrected chi connectivity index (χ3v) is 3.41. The van der Waals surface area contributed by atoms with E-state index in [1.807, 2.05) is 6.92 Å². The highest BCUT2D eigenvalue weighted by molar-refractivity contribution is 6.29. The second-order valence-corrected chi connectivity index (χ2v) is 4.94. The van der Waals surface area contributed by atoms with Crippen molar-refractivity contribution in [2.75, 3.05) is 6.54 Å². The van der Waals surface area contributed by atoms with Crippen LogP contribution < -0.4 is 5.32 Å². The van der Waals surface area contributed by atoms with Crippen molar-refractivity contribution in [3.63, 3.8) is 0 Å². The highest BCUT2D eigenvalue weighted by atomic mass is 35.5. The Morgan fingerprint density at radius 2 is 2.10 bits per heavy atom. The number of hydrogen-bond donors (Lipinski definition) is 1. The van der Waals surface area contributed by atoms with Crippen LogP contribution >= 0.6 is 11.6 Å². The quantitative estimate of drug-likeness (QED) is 0.850. The smallest absolute Gasteiger partial charge is 0.197 e. The molecule has 0 aliphatic rings. The van der Waals surface area contributed by atoms with E-state index in [0.717, 1.165) is 24.6 Å². The molecular formula is C15H16ClF2NO. The van der Waals surface area contributed by atoms with E-state index in [1.54, 1.807) is 6.07 Å². The van der Waals surface area contributed by atoms with Gasteiger partial charge in [-0.3, -0.25) is 0 Å². The van der Waals surface area contributed by atoms with Crippen molar-refractivity contribution in [1.29, 1.82) is 0 Å². The molecule has 0 saturated carbocycles. The van der Waals surface area contributed by atoms with Gasteiger partial charge >= 0.3 is 0 Å². The molecule has 1 atom stereocenters. The Balaban J connectivity index is 2.21. The molecule has 0 aliphatic carbocycles. The molecule has 0 radical (unpaired) electrons. The largest absolute Gasteiger partial charge is 0.453 e. The Kier molecular flexibility index (Phi) is 5.15. The maximum atomic E-state index is 13.8. The normalized spacial score (nSPS) is 12.6. The van der Waals surface area contributed by atoms with Gasteiger partial charge in [-0.1, -0.05) is 13.0 Å². The lowest BCUT2D eigenvalue weighted by molar-refractivity contribution is 0.498. The van der Waals surface area contributed by atoms with Crippen LogP contribution in [0, 0.1) is 11.6 Å². The van der Waals surface area contributed by atoms with E-state index in [4.69, 9.17) is 16.0 Å². The van der Waals surface area contributed by atoms with Crippen LogP contribution in [0.1, 0.15) is 30.5 Å². The van der Waals surface area contributed by atoms with Gasteiger partial charge in [-0.25, -0.2) is 8.78 Å². The van der Waals surface area contributed by atoms with Gasteiger partial charge in [0, 0.05) is 17.7 Å². The molecule has 0 spiro atoms. The predicted molar refractivity (Wildman–Crippen MR) is 74.8 cm³/mol. The average molecular weight is 300 g/mol. The molecule has 1 aromatic heterocycles. The third kappa shape index (κ3) is 3.58. The highest BCUT2D eigenvalue weighted by Crippen LogP contribution is 2.27. The van der Waals surface area contributed by atoms with Crippen molar-refractivity contribution < 1.29 is 13.2 Å². The lowest BCUT2D eigenvalue weighted by Gasteiger charge is -2.18. The summed E-state index contributed by atoms with van der Waals surface area (Å²) in [6, 6.07) is 5.20. The SMILES string of the molecule is CCCNC(Cc1ccc(F)cc1F)c1ccoc1Cl.